The van der Waals surface area contributed by atoms with Crippen molar-refractivity contribution in [3.05, 3.63) is 34.4 Å². The third-order valence-electron chi connectivity index (χ3n) is 2.54. The summed E-state index contributed by atoms with van der Waals surface area (Å²) in [5.41, 5.74) is 0.224. The lowest BCUT2D eigenvalue weighted by Gasteiger charge is -2.03. The molecule has 6 heteroatoms. The fourth-order valence-corrected chi connectivity index (χ4v) is 1.64. The van der Waals surface area contributed by atoms with Gasteiger partial charge in [-0.05, 0) is 12.1 Å². The van der Waals surface area contributed by atoms with E-state index in [2.05, 4.69) is 9.97 Å². The number of rotatable bonds is 4. The number of carboxylic acids is 1. The van der Waals surface area contributed by atoms with Crippen LogP contribution >= 0.6 is 0 Å². The minimum Gasteiger partial charge on any atom is -0.497 e. The van der Waals surface area contributed by atoms with Gasteiger partial charge in [0.2, 0.25) is 0 Å². The standard InChI is InChI=1S/C12H12N2O4/c1-18-7-2-3-8-9(6-7)13-10(14-12(8)17)4-5-11(15)16/h2-3,6H,4-5H2,1H3,(H,15,16)(H,13,14,17). The average Bonchev–Trinajstić information content (AvgIpc) is 2.35. The summed E-state index contributed by atoms with van der Waals surface area (Å²) >= 11 is 0. The van der Waals surface area contributed by atoms with E-state index in [-0.39, 0.29) is 18.4 Å². The zero-order valence-electron chi connectivity index (χ0n) is 9.77. The third-order valence-corrected chi connectivity index (χ3v) is 2.54. The summed E-state index contributed by atoms with van der Waals surface area (Å²) in [4.78, 5) is 29.0. The Kier molecular flexibility index (Phi) is 3.27. The van der Waals surface area contributed by atoms with Gasteiger partial charge in [0.25, 0.3) is 5.56 Å². The van der Waals surface area contributed by atoms with Gasteiger partial charge in [0.1, 0.15) is 11.6 Å². The topological polar surface area (TPSA) is 92.3 Å². The summed E-state index contributed by atoms with van der Waals surface area (Å²) in [6.45, 7) is 0. The monoisotopic (exact) mass is 248 g/mol. The zero-order chi connectivity index (χ0) is 13.1. The lowest BCUT2D eigenvalue weighted by atomic mass is 10.2. The Morgan fingerprint density at radius 2 is 2.28 bits per heavy atom. The molecule has 0 unspecified atom stereocenters. The Hall–Kier alpha value is -2.37. The number of hydrogen-bond donors (Lipinski definition) is 2. The van der Waals surface area contributed by atoms with Gasteiger partial charge in [0, 0.05) is 12.5 Å². The highest BCUT2D eigenvalue weighted by molar-refractivity contribution is 5.79. The number of benzene rings is 1. The van der Waals surface area contributed by atoms with Crippen molar-refractivity contribution in [3.63, 3.8) is 0 Å². The number of aryl methyl sites for hydroxylation is 1. The molecule has 0 aliphatic carbocycles. The zero-order valence-corrected chi connectivity index (χ0v) is 9.77. The Morgan fingerprint density at radius 1 is 1.50 bits per heavy atom. The Labute approximate surface area is 102 Å². The highest BCUT2D eigenvalue weighted by atomic mass is 16.5. The molecule has 0 amide bonds. The maximum Gasteiger partial charge on any atom is 0.303 e. The second-order valence-electron chi connectivity index (χ2n) is 3.79. The molecule has 0 aliphatic rings. The molecule has 0 aliphatic heterocycles. The van der Waals surface area contributed by atoms with Crippen LogP contribution in [0.15, 0.2) is 23.0 Å². The number of aromatic nitrogens is 2. The van der Waals surface area contributed by atoms with E-state index in [0.29, 0.717) is 22.5 Å². The molecule has 18 heavy (non-hydrogen) atoms. The molecular weight excluding hydrogens is 236 g/mol. The largest absolute Gasteiger partial charge is 0.497 e. The summed E-state index contributed by atoms with van der Waals surface area (Å²) in [6.07, 6.45) is 0.121. The maximum absolute atomic E-state index is 11.8. The van der Waals surface area contributed by atoms with Crippen LogP contribution < -0.4 is 10.3 Å². The van der Waals surface area contributed by atoms with Crippen LogP contribution in [-0.2, 0) is 11.2 Å². The predicted molar refractivity (Wildman–Crippen MR) is 64.9 cm³/mol. The predicted octanol–water partition coefficient (Wildman–Crippen LogP) is 0.949. The number of aliphatic carboxylic acids is 1. The first-order valence-corrected chi connectivity index (χ1v) is 5.39. The SMILES string of the molecule is COc1ccc2c(=O)[nH]c(CCC(=O)O)nc2c1. The smallest absolute Gasteiger partial charge is 0.303 e. The molecule has 0 bridgehead atoms. The second-order valence-corrected chi connectivity index (χ2v) is 3.79. The van der Waals surface area contributed by atoms with Crippen LogP contribution in [0.5, 0.6) is 5.75 Å². The number of hydrogen-bond acceptors (Lipinski definition) is 4. The van der Waals surface area contributed by atoms with Gasteiger partial charge in [-0.25, -0.2) is 4.98 Å². The van der Waals surface area contributed by atoms with Crippen LogP contribution in [0, 0.1) is 0 Å². The fraction of sp³-hybridized carbons (Fsp3) is 0.250. The van der Waals surface area contributed by atoms with Crippen molar-refractivity contribution >= 4 is 16.9 Å². The summed E-state index contributed by atoms with van der Waals surface area (Å²) in [5.74, 6) is 0.0383. The van der Waals surface area contributed by atoms with Gasteiger partial charge >= 0.3 is 5.97 Å². The molecular formula is C12H12N2O4. The molecule has 94 valence electrons. The molecule has 0 saturated carbocycles. The Bertz CT molecular complexity index is 648. The van der Waals surface area contributed by atoms with Gasteiger partial charge in [-0.3, -0.25) is 9.59 Å². The van der Waals surface area contributed by atoms with Crippen molar-refractivity contribution in [1.82, 2.24) is 9.97 Å². The van der Waals surface area contributed by atoms with Crippen LogP contribution in [-0.4, -0.2) is 28.2 Å². The van der Waals surface area contributed by atoms with Crippen molar-refractivity contribution in [1.29, 1.82) is 0 Å². The van der Waals surface area contributed by atoms with Crippen molar-refractivity contribution in [2.24, 2.45) is 0 Å². The quantitative estimate of drug-likeness (QED) is 0.840. The molecule has 6 nitrogen and oxygen atoms in total. The first kappa shape index (κ1) is 12.1. The normalized spacial score (nSPS) is 10.5. The number of aromatic amines is 1. The molecule has 0 saturated heterocycles. The van der Waals surface area contributed by atoms with E-state index in [1.165, 1.54) is 7.11 Å². The van der Waals surface area contributed by atoms with Gasteiger partial charge in [0.05, 0.1) is 24.4 Å². The molecule has 2 aromatic rings. The third kappa shape index (κ3) is 2.48. The fourth-order valence-electron chi connectivity index (χ4n) is 1.64. The van der Waals surface area contributed by atoms with Crippen molar-refractivity contribution in [3.8, 4) is 5.75 Å². The number of carbonyl (C=O) groups is 1. The van der Waals surface area contributed by atoms with E-state index < -0.39 is 5.97 Å². The first-order valence-electron chi connectivity index (χ1n) is 5.39. The number of nitrogens with one attached hydrogen (secondary N) is 1. The lowest BCUT2D eigenvalue weighted by molar-refractivity contribution is -0.137. The van der Waals surface area contributed by atoms with E-state index in [9.17, 15) is 9.59 Å². The summed E-state index contributed by atoms with van der Waals surface area (Å²) in [7, 11) is 1.53. The number of carboxylic acid groups (broad SMARTS) is 1. The molecule has 0 spiro atoms. The van der Waals surface area contributed by atoms with Crippen molar-refractivity contribution in [2.45, 2.75) is 12.8 Å². The van der Waals surface area contributed by atoms with Gasteiger partial charge in [0.15, 0.2) is 0 Å². The minimum atomic E-state index is -0.927. The number of fused-ring (bicyclic) bond motifs is 1. The van der Waals surface area contributed by atoms with E-state index in [1.54, 1.807) is 18.2 Å². The van der Waals surface area contributed by atoms with Gasteiger partial charge in [-0.15, -0.1) is 0 Å². The molecule has 1 aromatic heterocycles. The molecule has 2 rings (SSSR count). The number of ether oxygens (including phenoxy) is 1. The van der Waals surface area contributed by atoms with E-state index in [0.717, 1.165) is 0 Å². The Balaban J connectivity index is 2.45. The van der Waals surface area contributed by atoms with Crippen LogP contribution in [0.2, 0.25) is 0 Å². The van der Waals surface area contributed by atoms with Crippen molar-refractivity contribution < 1.29 is 14.6 Å². The van der Waals surface area contributed by atoms with Gasteiger partial charge in [-0.1, -0.05) is 0 Å². The van der Waals surface area contributed by atoms with Crippen molar-refractivity contribution in [2.75, 3.05) is 7.11 Å². The summed E-state index contributed by atoms with van der Waals surface area (Å²) in [5, 5.41) is 9.05. The van der Waals surface area contributed by atoms with E-state index in [1.807, 2.05) is 0 Å². The van der Waals surface area contributed by atoms with Crippen LogP contribution in [0.25, 0.3) is 10.9 Å². The molecule has 0 atom stereocenters. The molecule has 1 heterocycles. The maximum atomic E-state index is 11.8. The van der Waals surface area contributed by atoms with Crippen LogP contribution in [0.3, 0.4) is 0 Å². The first-order chi connectivity index (χ1) is 8.60. The highest BCUT2D eigenvalue weighted by Gasteiger charge is 2.06. The molecule has 0 radical (unpaired) electrons. The molecule has 0 fully saturated rings. The number of H-pyrrole nitrogens is 1. The van der Waals surface area contributed by atoms with Crippen LogP contribution in [0.1, 0.15) is 12.2 Å². The van der Waals surface area contributed by atoms with E-state index in [4.69, 9.17) is 9.84 Å². The lowest BCUT2D eigenvalue weighted by Crippen LogP contribution is -2.13. The van der Waals surface area contributed by atoms with E-state index >= 15 is 0 Å². The van der Waals surface area contributed by atoms with Crippen LogP contribution in [0.4, 0.5) is 0 Å². The summed E-state index contributed by atoms with van der Waals surface area (Å²) in [6, 6.07) is 4.95. The number of methoxy groups -OCH3 is 1. The summed E-state index contributed by atoms with van der Waals surface area (Å²) < 4.78 is 5.05. The molecule has 1 aromatic carbocycles. The Morgan fingerprint density at radius 3 is 2.94 bits per heavy atom. The number of nitrogens with zero attached hydrogens (tertiary/aromatic N) is 1. The molecule has 2 N–H and O–H groups in total. The second kappa shape index (κ2) is 4.87. The average molecular weight is 248 g/mol. The van der Waals surface area contributed by atoms with Gasteiger partial charge in [-0.2, -0.15) is 0 Å². The minimum absolute atomic E-state index is 0.0710. The highest BCUT2D eigenvalue weighted by Crippen LogP contribution is 2.16. The van der Waals surface area contributed by atoms with Gasteiger partial charge < -0.3 is 14.8 Å².